The van der Waals surface area contributed by atoms with Crippen LogP contribution in [0.3, 0.4) is 0 Å². The Labute approximate surface area is 158 Å². The number of carbonyl (C=O) groups is 1. The summed E-state index contributed by atoms with van der Waals surface area (Å²) in [5.41, 5.74) is 6.47. The number of anilines is 2. The van der Waals surface area contributed by atoms with Crippen LogP contribution in [0.15, 0.2) is 30.3 Å². The quantitative estimate of drug-likeness (QED) is 0.743. The number of amides is 1. The molecule has 1 amide bonds. The topological polar surface area (TPSA) is 116 Å². The fraction of sp³-hybridized carbons (Fsp3) is 0.421. The number of para-hydroxylation sites is 1. The van der Waals surface area contributed by atoms with E-state index >= 15 is 0 Å². The average Bonchev–Trinajstić information content (AvgIpc) is 2.61. The molecule has 1 saturated heterocycles. The zero-order valence-electron chi connectivity index (χ0n) is 15.8. The molecule has 1 atom stereocenters. The number of phenols is 1. The summed E-state index contributed by atoms with van der Waals surface area (Å²) in [5, 5.41) is 28.2. The van der Waals surface area contributed by atoms with E-state index in [0.29, 0.717) is 42.4 Å². The van der Waals surface area contributed by atoms with Gasteiger partial charge in [0.05, 0.1) is 11.4 Å². The number of phenolic OH excluding ortho intramolecular Hbond substituents is 1. The van der Waals surface area contributed by atoms with Crippen molar-refractivity contribution in [2.75, 3.05) is 30.3 Å². The van der Waals surface area contributed by atoms with E-state index in [1.54, 1.807) is 29.2 Å². The first-order valence-corrected chi connectivity index (χ1v) is 8.88. The summed E-state index contributed by atoms with van der Waals surface area (Å²) in [5.74, 6) is 0.130. The molecule has 0 saturated carbocycles. The Balaban J connectivity index is 1.85. The molecule has 0 spiro atoms. The number of nitrogens with zero attached hydrogens (tertiary/aromatic N) is 4. The SMILES string of the molecule is CC1CN(c2cc(-c3ccccc3O)nnc2N)CCN1C(=O)C(C)(C)O. The van der Waals surface area contributed by atoms with Crippen molar-refractivity contribution in [2.24, 2.45) is 0 Å². The lowest BCUT2D eigenvalue weighted by Gasteiger charge is -2.42. The molecule has 1 unspecified atom stereocenters. The Kier molecular flexibility index (Phi) is 4.93. The molecular weight excluding hydrogens is 346 g/mol. The third kappa shape index (κ3) is 3.80. The number of aromatic hydroxyl groups is 1. The first-order valence-electron chi connectivity index (χ1n) is 8.88. The zero-order valence-corrected chi connectivity index (χ0v) is 15.8. The van der Waals surface area contributed by atoms with Gasteiger partial charge in [-0.05, 0) is 39.0 Å². The third-order valence-electron chi connectivity index (χ3n) is 4.73. The average molecular weight is 371 g/mol. The van der Waals surface area contributed by atoms with Gasteiger partial charge in [0.1, 0.15) is 11.4 Å². The second-order valence-electron chi connectivity index (χ2n) is 7.37. The van der Waals surface area contributed by atoms with Crippen LogP contribution >= 0.6 is 0 Å². The van der Waals surface area contributed by atoms with Crippen molar-refractivity contribution in [3.8, 4) is 17.0 Å². The molecule has 3 rings (SSSR count). The largest absolute Gasteiger partial charge is 0.507 e. The number of aliphatic hydroxyl groups is 1. The maximum Gasteiger partial charge on any atom is 0.254 e. The molecular formula is C19H25N5O3. The van der Waals surface area contributed by atoms with E-state index in [1.807, 2.05) is 17.9 Å². The van der Waals surface area contributed by atoms with Crippen LogP contribution in [0.1, 0.15) is 20.8 Å². The Bertz CT molecular complexity index is 849. The Hall–Kier alpha value is -2.87. The fourth-order valence-corrected chi connectivity index (χ4v) is 3.30. The van der Waals surface area contributed by atoms with Gasteiger partial charge in [-0.1, -0.05) is 12.1 Å². The molecule has 0 radical (unpaired) electrons. The van der Waals surface area contributed by atoms with Crippen molar-refractivity contribution >= 4 is 17.4 Å². The normalized spacial score (nSPS) is 17.9. The Morgan fingerprint density at radius 1 is 1.26 bits per heavy atom. The molecule has 4 N–H and O–H groups in total. The minimum Gasteiger partial charge on any atom is -0.507 e. The van der Waals surface area contributed by atoms with Gasteiger partial charge in [0.25, 0.3) is 5.91 Å². The molecule has 1 fully saturated rings. The minimum absolute atomic E-state index is 0.0983. The van der Waals surface area contributed by atoms with Gasteiger partial charge in [-0.15, -0.1) is 10.2 Å². The van der Waals surface area contributed by atoms with Crippen molar-refractivity contribution in [1.82, 2.24) is 15.1 Å². The summed E-state index contributed by atoms with van der Waals surface area (Å²) in [7, 11) is 0. The van der Waals surface area contributed by atoms with Gasteiger partial charge in [-0.3, -0.25) is 4.79 Å². The van der Waals surface area contributed by atoms with E-state index in [-0.39, 0.29) is 17.7 Å². The van der Waals surface area contributed by atoms with Crippen molar-refractivity contribution in [1.29, 1.82) is 0 Å². The molecule has 2 aromatic rings. The van der Waals surface area contributed by atoms with Crippen LogP contribution in [0.25, 0.3) is 11.3 Å². The highest BCUT2D eigenvalue weighted by atomic mass is 16.3. The number of rotatable bonds is 3. The zero-order chi connectivity index (χ0) is 19.8. The first-order chi connectivity index (χ1) is 12.7. The number of carbonyl (C=O) groups excluding carboxylic acids is 1. The van der Waals surface area contributed by atoms with Crippen LogP contribution in [-0.2, 0) is 4.79 Å². The molecule has 27 heavy (non-hydrogen) atoms. The molecule has 8 nitrogen and oxygen atoms in total. The molecule has 1 aliphatic rings. The monoisotopic (exact) mass is 371 g/mol. The van der Waals surface area contributed by atoms with Crippen LogP contribution in [0.4, 0.5) is 11.5 Å². The summed E-state index contributed by atoms with van der Waals surface area (Å²) in [6.45, 7) is 6.51. The maximum absolute atomic E-state index is 12.4. The number of piperazine rings is 1. The van der Waals surface area contributed by atoms with E-state index in [2.05, 4.69) is 10.2 Å². The van der Waals surface area contributed by atoms with Gasteiger partial charge in [-0.2, -0.15) is 0 Å². The lowest BCUT2D eigenvalue weighted by Crippen LogP contribution is -2.58. The summed E-state index contributed by atoms with van der Waals surface area (Å²) in [6, 6.07) is 8.62. The predicted octanol–water partition coefficient (Wildman–Crippen LogP) is 1.24. The van der Waals surface area contributed by atoms with Crippen molar-refractivity contribution < 1.29 is 15.0 Å². The standard InChI is InChI=1S/C19H25N5O3/c1-12-11-23(8-9-24(12)18(26)19(2,3)27)15-10-14(21-22-17(15)20)13-6-4-5-7-16(13)25/h4-7,10,12,25,27H,8-9,11H2,1-3H3,(H2,20,22). The van der Waals surface area contributed by atoms with Crippen LogP contribution in [0.5, 0.6) is 5.75 Å². The fourth-order valence-electron chi connectivity index (χ4n) is 3.30. The lowest BCUT2D eigenvalue weighted by atomic mass is 10.0. The van der Waals surface area contributed by atoms with Gasteiger partial charge in [0.15, 0.2) is 5.82 Å². The number of nitrogen functional groups attached to an aromatic ring is 1. The number of hydrogen-bond donors (Lipinski definition) is 3. The van der Waals surface area contributed by atoms with Gasteiger partial charge in [0.2, 0.25) is 0 Å². The number of hydrogen-bond acceptors (Lipinski definition) is 7. The van der Waals surface area contributed by atoms with E-state index in [4.69, 9.17) is 5.73 Å². The van der Waals surface area contributed by atoms with E-state index in [1.165, 1.54) is 13.8 Å². The predicted molar refractivity (Wildman–Crippen MR) is 103 cm³/mol. The Morgan fingerprint density at radius 2 is 1.96 bits per heavy atom. The minimum atomic E-state index is -1.40. The summed E-state index contributed by atoms with van der Waals surface area (Å²) >= 11 is 0. The molecule has 0 aliphatic carbocycles. The third-order valence-corrected chi connectivity index (χ3v) is 4.73. The highest BCUT2D eigenvalue weighted by Gasteiger charge is 2.35. The highest BCUT2D eigenvalue weighted by Crippen LogP contribution is 2.32. The molecule has 1 aromatic carbocycles. The van der Waals surface area contributed by atoms with Crippen LogP contribution in [-0.4, -0.2) is 62.5 Å². The number of aromatic nitrogens is 2. The van der Waals surface area contributed by atoms with Crippen LogP contribution in [0.2, 0.25) is 0 Å². The smallest absolute Gasteiger partial charge is 0.254 e. The van der Waals surface area contributed by atoms with Crippen molar-refractivity contribution in [3.63, 3.8) is 0 Å². The molecule has 2 heterocycles. The van der Waals surface area contributed by atoms with Gasteiger partial charge in [0, 0.05) is 31.2 Å². The molecule has 144 valence electrons. The van der Waals surface area contributed by atoms with E-state index in [0.717, 1.165) is 0 Å². The lowest BCUT2D eigenvalue weighted by molar-refractivity contribution is -0.150. The van der Waals surface area contributed by atoms with E-state index in [9.17, 15) is 15.0 Å². The molecule has 1 aliphatic heterocycles. The summed E-state index contributed by atoms with van der Waals surface area (Å²) in [4.78, 5) is 16.1. The Morgan fingerprint density at radius 3 is 2.59 bits per heavy atom. The van der Waals surface area contributed by atoms with Crippen LogP contribution in [0, 0.1) is 0 Å². The van der Waals surface area contributed by atoms with Gasteiger partial charge in [-0.25, -0.2) is 0 Å². The van der Waals surface area contributed by atoms with E-state index < -0.39 is 5.60 Å². The molecule has 1 aromatic heterocycles. The maximum atomic E-state index is 12.4. The first kappa shape index (κ1) is 18.9. The second kappa shape index (κ2) is 7.03. The van der Waals surface area contributed by atoms with Crippen molar-refractivity contribution in [3.05, 3.63) is 30.3 Å². The second-order valence-corrected chi connectivity index (χ2v) is 7.37. The van der Waals surface area contributed by atoms with Crippen molar-refractivity contribution in [2.45, 2.75) is 32.4 Å². The summed E-state index contributed by atoms with van der Waals surface area (Å²) < 4.78 is 0. The van der Waals surface area contributed by atoms with Gasteiger partial charge < -0.3 is 25.7 Å². The molecule has 0 bridgehead atoms. The molecule has 8 heteroatoms. The number of benzene rings is 1. The number of nitrogens with two attached hydrogens (primary N) is 1. The van der Waals surface area contributed by atoms with Gasteiger partial charge >= 0.3 is 0 Å². The highest BCUT2D eigenvalue weighted by molar-refractivity contribution is 5.84. The summed E-state index contributed by atoms with van der Waals surface area (Å²) in [6.07, 6.45) is 0. The van der Waals surface area contributed by atoms with Crippen LogP contribution < -0.4 is 10.6 Å².